The Labute approximate surface area is 165 Å². The van der Waals surface area contributed by atoms with E-state index in [4.69, 9.17) is 14.5 Å². The van der Waals surface area contributed by atoms with Crippen LogP contribution in [0.15, 0.2) is 35.6 Å². The Morgan fingerprint density at radius 1 is 1.46 bits per heavy atom. The lowest BCUT2D eigenvalue weighted by Crippen LogP contribution is -2.48. The quantitative estimate of drug-likeness (QED) is 0.580. The lowest BCUT2D eigenvalue weighted by atomic mass is 10.1. The number of hydrogen-bond donors (Lipinski definition) is 2. The molecule has 1 aliphatic heterocycles. The Bertz CT molecular complexity index is 805. The van der Waals surface area contributed by atoms with Crippen LogP contribution in [0.1, 0.15) is 24.2 Å². The van der Waals surface area contributed by atoms with Gasteiger partial charge in [0, 0.05) is 38.4 Å². The van der Waals surface area contributed by atoms with Gasteiger partial charge >= 0.3 is 0 Å². The van der Waals surface area contributed by atoms with Gasteiger partial charge in [0.05, 0.1) is 26.5 Å². The van der Waals surface area contributed by atoms with Crippen molar-refractivity contribution >= 4 is 5.96 Å². The monoisotopic (exact) mass is 387 g/mol. The first-order valence-electron chi connectivity index (χ1n) is 9.60. The number of aromatic hydroxyl groups is 1. The maximum Gasteiger partial charge on any atom is 0.194 e. The molecule has 1 saturated heterocycles. The molecule has 2 N–H and O–H groups in total. The molecule has 1 aliphatic rings. The Morgan fingerprint density at radius 2 is 2.32 bits per heavy atom. The molecular formula is C20H29N5O3. The summed E-state index contributed by atoms with van der Waals surface area (Å²) in [6.45, 7) is 5.56. The Morgan fingerprint density at radius 3 is 3.04 bits per heavy atom. The number of para-hydroxylation sites is 1. The molecule has 1 unspecified atom stereocenters. The molecule has 1 atom stereocenters. The molecule has 2 heterocycles. The molecule has 1 aromatic carbocycles. The average Bonchev–Trinajstić information content (AvgIpc) is 3.15. The zero-order valence-corrected chi connectivity index (χ0v) is 16.8. The fraction of sp³-hybridized carbons (Fsp3) is 0.500. The Kier molecular flexibility index (Phi) is 6.76. The van der Waals surface area contributed by atoms with E-state index in [9.17, 15) is 5.11 Å². The zero-order valence-electron chi connectivity index (χ0n) is 16.8. The first kappa shape index (κ1) is 20.0. The molecular weight excluding hydrogens is 358 g/mol. The van der Waals surface area contributed by atoms with E-state index in [0.29, 0.717) is 25.3 Å². The van der Waals surface area contributed by atoms with Crippen molar-refractivity contribution in [1.29, 1.82) is 0 Å². The number of hydrogen-bond acceptors (Lipinski definition) is 5. The van der Waals surface area contributed by atoms with Gasteiger partial charge in [0.25, 0.3) is 0 Å². The third-order valence-electron chi connectivity index (χ3n) is 4.74. The number of morpholine rings is 1. The summed E-state index contributed by atoms with van der Waals surface area (Å²) >= 11 is 0. The van der Waals surface area contributed by atoms with Crippen LogP contribution >= 0.6 is 0 Å². The van der Waals surface area contributed by atoms with Crippen molar-refractivity contribution in [3.63, 3.8) is 0 Å². The van der Waals surface area contributed by atoms with Gasteiger partial charge in [0.15, 0.2) is 17.5 Å². The van der Waals surface area contributed by atoms with E-state index in [1.165, 1.54) is 0 Å². The highest BCUT2D eigenvalue weighted by Gasteiger charge is 2.25. The topological polar surface area (TPSA) is 84.1 Å². The molecule has 0 spiro atoms. The van der Waals surface area contributed by atoms with Crippen molar-refractivity contribution in [2.45, 2.75) is 19.4 Å². The molecule has 0 bridgehead atoms. The summed E-state index contributed by atoms with van der Waals surface area (Å²) < 4.78 is 12.9. The second-order valence-electron chi connectivity index (χ2n) is 6.71. The van der Waals surface area contributed by atoms with Gasteiger partial charge in [-0.3, -0.25) is 9.67 Å². The van der Waals surface area contributed by atoms with E-state index in [1.807, 2.05) is 31.6 Å². The van der Waals surface area contributed by atoms with Crippen molar-refractivity contribution < 1.29 is 14.6 Å². The number of ether oxygens (including phenoxy) is 2. The van der Waals surface area contributed by atoms with Crippen molar-refractivity contribution in [1.82, 2.24) is 20.0 Å². The number of nitrogens with zero attached hydrogens (tertiary/aromatic N) is 4. The van der Waals surface area contributed by atoms with Gasteiger partial charge in [0.2, 0.25) is 0 Å². The first-order valence-corrected chi connectivity index (χ1v) is 9.60. The number of methoxy groups -OCH3 is 1. The van der Waals surface area contributed by atoms with Gasteiger partial charge < -0.3 is 24.8 Å². The van der Waals surface area contributed by atoms with Crippen LogP contribution in [0.4, 0.5) is 0 Å². The van der Waals surface area contributed by atoms with E-state index in [-0.39, 0.29) is 11.9 Å². The maximum absolute atomic E-state index is 10.2. The Hall–Kier alpha value is -2.74. The molecule has 0 radical (unpaired) electrons. The molecule has 8 nitrogen and oxygen atoms in total. The van der Waals surface area contributed by atoms with Gasteiger partial charge in [-0.05, 0) is 25.0 Å². The molecule has 28 heavy (non-hydrogen) atoms. The molecule has 1 fully saturated rings. The van der Waals surface area contributed by atoms with Gasteiger partial charge in [-0.15, -0.1) is 0 Å². The second-order valence-corrected chi connectivity index (χ2v) is 6.71. The second kappa shape index (κ2) is 9.45. The highest BCUT2D eigenvalue weighted by Crippen LogP contribution is 2.29. The fourth-order valence-corrected chi connectivity index (χ4v) is 3.29. The number of phenolic OH excluding ortho intramolecular Hbond substituents is 1. The maximum atomic E-state index is 10.2. The van der Waals surface area contributed by atoms with Gasteiger partial charge in [-0.25, -0.2) is 0 Å². The van der Waals surface area contributed by atoms with E-state index >= 15 is 0 Å². The van der Waals surface area contributed by atoms with E-state index < -0.39 is 0 Å². The zero-order chi connectivity index (χ0) is 19.9. The molecule has 0 amide bonds. The summed E-state index contributed by atoms with van der Waals surface area (Å²) in [6.07, 6.45) is 4.45. The first-order chi connectivity index (χ1) is 13.6. The summed E-state index contributed by atoms with van der Waals surface area (Å²) in [6, 6.07) is 5.52. The van der Waals surface area contributed by atoms with Crippen LogP contribution < -0.4 is 10.1 Å². The largest absolute Gasteiger partial charge is 0.504 e. The average molecular weight is 387 g/mol. The van der Waals surface area contributed by atoms with Crippen LogP contribution in [0.25, 0.3) is 0 Å². The summed E-state index contributed by atoms with van der Waals surface area (Å²) in [7, 11) is 3.46. The molecule has 0 saturated carbocycles. The normalized spacial score (nSPS) is 17.6. The molecule has 1 aromatic heterocycles. The minimum Gasteiger partial charge on any atom is -0.504 e. The summed E-state index contributed by atoms with van der Waals surface area (Å²) in [5, 5.41) is 17.9. The molecule has 0 aliphatic carbocycles. The van der Waals surface area contributed by atoms with E-state index in [0.717, 1.165) is 36.7 Å². The number of aromatic nitrogens is 2. The van der Waals surface area contributed by atoms with Crippen molar-refractivity contribution in [2.24, 2.45) is 12.0 Å². The fourth-order valence-electron chi connectivity index (χ4n) is 3.29. The highest BCUT2D eigenvalue weighted by molar-refractivity contribution is 5.80. The molecule has 8 heteroatoms. The standard InChI is InChI=1S/C20H29N5O3/c1-4-21-20(22-9-8-15-6-5-7-17(27-3)19(15)26)25-10-11-28-18(14-25)16-12-23-24(2)13-16/h5-7,12-13,18,26H,4,8-11,14H2,1-3H3,(H,21,22). The minimum absolute atomic E-state index is 0.0197. The SMILES string of the molecule is CCNC(=NCCc1cccc(OC)c1O)N1CCOC(c2cnn(C)c2)C1. The molecule has 2 aromatic rings. The van der Waals surface area contributed by atoms with E-state index in [2.05, 4.69) is 22.2 Å². The number of guanidine groups is 1. The Balaban J connectivity index is 1.66. The smallest absolute Gasteiger partial charge is 0.194 e. The van der Waals surface area contributed by atoms with Gasteiger partial charge in [-0.2, -0.15) is 5.10 Å². The highest BCUT2D eigenvalue weighted by atomic mass is 16.5. The summed E-state index contributed by atoms with van der Waals surface area (Å²) in [5.74, 6) is 1.54. The third-order valence-corrected chi connectivity index (χ3v) is 4.74. The summed E-state index contributed by atoms with van der Waals surface area (Å²) in [5.41, 5.74) is 1.90. The van der Waals surface area contributed by atoms with Crippen molar-refractivity contribution in [3.8, 4) is 11.5 Å². The summed E-state index contributed by atoms with van der Waals surface area (Å²) in [4.78, 5) is 6.98. The number of nitrogens with one attached hydrogen (secondary N) is 1. The van der Waals surface area contributed by atoms with Crippen molar-refractivity contribution in [3.05, 3.63) is 41.7 Å². The number of aryl methyl sites for hydroxylation is 1. The van der Waals surface area contributed by atoms with Gasteiger partial charge in [0.1, 0.15) is 6.10 Å². The van der Waals surface area contributed by atoms with Gasteiger partial charge in [-0.1, -0.05) is 12.1 Å². The van der Waals surface area contributed by atoms with Crippen molar-refractivity contribution in [2.75, 3.05) is 39.9 Å². The molecule has 152 valence electrons. The number of phenols is 1. The number of aliphatic imine (C=N–C) groups is 1. The van der Waals surface area contributed by atoms with Crippen LogP contribution in [0.5, 0.6) is 11.5 Å². The van der Waals surface area contributed by atoms with Crippen LogP contribution in [0, 0.1) is 0 Å². The number of rotatable bonds is 6. The lowest BCUT2D eigenvalue weighted by molar-refractivity contribution is -0.00803. The minimum atomic E-state index is -0.0197. The van der Waals surface area contributed by atoms with Crippen LogP contribution in [-0.2, 0) is 18.2 Å². The molecule has 3 rings (SSSR count). The van der Waals surface area contributed by atoms with Crippen LogP contribution in [-0.4, -0.2) is 65.6 Å². The van der Waals surface area contributed by atoms with Crippen LogP contribution in [0.3, 0.4) is 0 Å². The van der Waals surface area contributed by atoms with Crippen LogP contribution in [0.2, 0.25) is 0 Å². The van der Waals surface area contributed by atoms with E-state index in [1.54, 1.807) is 17.9 Å². The predicted molar refractivity (Wildman–Crippen MR) is 108 cm³/mol. The lowest BCUT2D eigenvalue weighted by Gasteiger charge is -2.34. The third kappa shape index (κ3) is 4.75. The number of benzene rings is 1. The predicted octanol–water partition coefficient (Wildman–Crippen LogP) is 1.72.